The first kappa shape index (κ1) is 9.04. The second-order valence-electron chi connectivity index (χ2n) is 1.60. The van der Waals surface area contributed by atoms with Gasteiger partial charge in [0.25, 0.3) is 0 Å². The lowest BCUT2D eigenvalue weighted by atomic mass is 10.7. The van der Waals surface area contributed by atoms with E-state index < -0.39 is 0 Å². The zero-order valence-corrected chi connectivity index (χ0v) is 5.96. The van der Waals surface area contributed by atoms with E-state index >= 15 is 0 Å². The summed E-state index contributed by atoms with van der Waals surface area (Å²) in [6.07, 6.45) is 9.56. The Morgan fingerprint density at radius 1 is 1.20 bits per heavy atom. The number of ether oxygens (including phenoxy) is 2. The van der Waals surface area contributed by atoms with Crippen LogP contribution >= 0.6 is 0 Å². The summed E-state index contributed by atoms with van der Waals surface area (Å²) in [4.78, 5) is 0. The number of terminal acetylenes is 2. The highest BCUT2D eigenvalue weighted by molar-refractivity contribution is 4.84. The zero-order valence-electron chi connectivity index (χ0n) is 5.96. The number of hydrogen-bond acceptors (Lipinski definition) is 2. The lowest BCUT2D eigenvalue weighted by Crippen LogP contribution is -2.12. The molecule has 54 valence electrons. The van der Waals surface area contributed by atoms with Gasteiger partial charge in [-0.2, -0.15) is 0 Å². The predicted molar refractivity (Wildman–Crippen MR) is 39.0 cm³/mol. The van der Waals surface area contributed by atoms with Gasteiger partial charge in [0.1, 0.15) is 13.2 Å². The van der Waals surface area contributed by atoms with Gasteiger partial charge in [-0.1, -0.05) is 11.8 Å². The maximum absolute atomic E-state index is 4.94. The van der Waals surface area contributed by atoms with Crippen LogP contribution in [0.4, 0.5) is 0 Å². The molecule has 0 aliphatic heterocycles. The third-order valence-electron chi connectivity index (χ3n) is 0.803. The molecule has 0 aromatic rings. The molecule has 0 fully saturated rings. The summed E-state index contributed by atoms with van der Waals surface area (Å²) in [5.74, 6) is 4.64. The van der Waals surface area contributed by atoms with E-state index in [9.17, 15) is 0 Å². The van der Waals surface area contributed by atoms with Gasteiger partial charge in [0, 0.05) is 0 Å². The van der Waals surface area contributed by atoms with Gasteiger partial charge in [-0.05, 0) is 6.92 Å². The lowest BCUT2D eigenvalue weighted by molar-refractivity contribution is -0.110. The molecule has 0 N–H and O–H groups in total. The van der Waals surface area contributed by atoms with Gasteiger partial charge in [0.2, 0.25) is 0 Å². The van der Waals surface area contributed by atoms with Gasteiger partial charge < -0.3 is 9.47 Å². The van der Waals surface area contributed by atoms with E-state index in [1.54, 1.807) is 6.92 Å². The molecule has 0 aromatic carbocycles. The highest BCUT2D eigenvalue weighted by atomic mass is 16.7. The van der Waals surface area contributed by atoms with E-state index in [1.165, 1.54) is 0 Å². The Morgan fingerprint density at radius 3 is 1.90 bits per heavy atom. The van der Waals surface area contributed by atoms with Crippen molar-refractivity contribution in [2.75, 3.05) is 13.2 Å². The number of hydrogen-bond donors (Lipinski definition) is 0. The van der Waals surface area contributed by atoms with Crippen LogP contribution in [0, 0.1) is 24.7 Å². The smallest absolute Gasteiger partial charge is 0.157 e. The maximum Gasteiger partial charge on any atom is 0.157 e. The summed E-state index contributed by atoms with van der Waals surface area (Å²) in [7, 11) is 0. The van der Waals surface area contributed by atoms with Crippen molar-refractivity contribution in [3.63, 3.8) is 0 Å². The summed E-state index contributed by atoms with van der Waals surface area (Å²) in [5, 5.41) is 0. The Bertz CT molecular complexity index is 132. The van der Waals surface area contributed by atoms with Gasteiger partial charge in [0.05, 0.1) is 0 Å². The van der Waals surface area contributed by atoms with Crippen LogP contribution in [0.15, 0.2) is 0 Å². The lowest BCUT2D eigenvalue weighted by Gasteiger charge is -2.08. The minimum absolute atomic E-state index is 0.256. The quantitative estimate of drug-likeness (QED) is 0.419. The topological polar surface area (TPSA) is 18.5 Å². The highest BCUT2D eigenvalue weighted by Gasteiger charge is 1.96. The molecule has 0 amide bonds. The van der Waals surface area contributed by atoms with E-state index in [-0.39, 0.29) is 19.5 Å². The molecule has 0 aromatic heterocycles. The molecule has 0 spiro atoms. The van der Waals surface area contributed by atoms with Crippen molar-refractivity contribution in [1.29, 1.82) is 0 Å². The van der Waals surface area contributed by atoms with Crippen molar-refractivity contribution in [3.05, 3.63) is 0 Å². The van der Waals surface area contributed by atoms with Crippen LogP contribution in [0.3, 0.4) is 0 Å². The molecular formula is C8H10O2. The van der Waals surface area contributed by atoms with Crippen molar-refractivity contribution in [2.24, 2.45) is 0 Å². The van der Waals surface area contributed by atoms with E-state index in [2.05, 4.69) is 11.8 Å². The van der Waals surface area contributed by atoms with Crippen LogP contribution in [0.2, 0.25) is 0 Å². The Balaban J connectivity index is 3.20. The van der Waals surface area contributed by atoms with Crippen molar-refractivity contribution in [3.8, 4) is 24.7 Å². The number of rotatable bonds is 4. The summed E-state index contributed by atoms with van der Waals surface area (Å²) < 4.78 is 9.88. The first-order valence-corrected chi connectivity index (χ1v) is 2.91. The van der Waals surface area contributed by atoms with Crippen LogP contribution < -0.4 is 0 Å². The van der Waals surface area contributed by atoms with Gasteiger partial charge in [0.15, 0.2) is 6.29 Å². The van der Waals surface area contributed by atoms with Crippen LogP contribution in [0.5, 0.6) is 0 Å². The van der Waals surface area contributed by atoms with Crippen LogP contribution in [-0.2, 0) is 9.47 Å². The largest absolute Gasteiger partial charge is 0.340 e. The minimum atomic E-state index is -0.313. The fourth-order valence-corrected chi connectivity index (χ4v) is 0.379. The highest BCUT2D eigenvalue weighted by Crippen LogP contribution is 1.90. The third-order valence-corrected chi connectivity index (χ3v) is 0.803. The van der Waals surface area contributed by atoms with Crippen LogP contribution in [0.25, 0.3) is 0 Å². The average Bonchev–Trinajstić information content (AvgIpc) is 1.97. The molecule has 0 radical (unpaired) electrons. The summed E-state index contributed by atoms with van der Waals surface area (Å²) in [5.41, 5.74) is 0. The van der Waals surface area contributed by atoms with Crippen molar-refractivity contribution in [1.82, 2.24) is 0 Å². The molecule has 2 nitrogen and oxygen atoms in total. The Morgan fingerprint density at radius 2 is 1.60 bits per heavy atom. The van der Waals surface area contributed by atoms with Crippen LogP contribution in [-0.4, -0.2) is 19.5 Å². The van der Waals surface area contributed by atoms with Gasteiger partial charge in [-0.3, -0.25) is 0 Å². The van der Waals surface area contributed by atoms with E-state index in [4.69, 9.17) is 22.3 Å². The fraction of sp³-hybridized carbons (Fsp3) is 0.500. The fourth-order valence-electron chi connectivity index (χ4n) is 0.379. The molecule has 0 saturated heterocycles. The molecule has 0 unspecified atom stereocenters. The normalized spacial score (nSPS) is 8.80. The van der Waals surface area contributed by atoms with Gasteiger partial charge in [-0.15, -0.1) is 12.8 Å². The molecule has 2 heteroatoms. The first-order chi connectivity index (χ1) is 4.81. The molecule has 0 rings (SSSR count). The summed E-state index contributed by atoms with van der Waals surface area (Å²) in [6, 6.07) is 0. The van der Waals surface area contributed by atoms with Crippen molar-refractivity contribution >= 4 is 0 Å². The molecule has 0 bridgehead atoms. The Hall–Kier alpha value is -0.960. The third kappa shape index (κ3) is 5.18. The van der Waals surface area contributed by atoms with E-state index in [0.717, 1.165) is 0 Å². The van der Waals surface area contributed by atoms with Crippen molar-refractivity contribution < 1.29 is 9.47 Å². The maximum atomic E-state index is 4.94. The predicted octanol–water partition coefficient (Wildman–Crippen LogP) is 0.632. The summed E-state index contributed by atoms with van der Waals surface area (Å²) in [6.45, 7) is 2.26. The molecule has 0 aliphatic rings. The van der Waals surface area contributed by atoms with Gasteiger partial charge in [-0.25, -0.2) is 0 Å². The SMILES string of the molecule is C#CCOC(C)OCC#C. The monoisotopic (exact) mass is 138 g/mol. The van der Waals surface area contributed by atoms with E-state index in [0.29, 0.717) is 0 Å². The average molecular weight is 138 g/mol. The standard InChI is InChI=1S/C8H10O2/c1-4-6-9-8(3)10-7-5-2/h1-2,8H,6-7H2,3H3. The molecule has 10 heavy (non-hydrogen) atoms. The van der Waals surface area contributed by atoms with E-state index in [1.807, 2.05) is 0 Å². The van der Waals surface area contributed by atoms with Crippen LogP contribution in [0.1, 0.15) is 6.92 Å². The molecule has 0 saturated carbocycles. The molecule has 0 aliphatic carbocycles. The second-order valence-corrected chi connectivity index (χ2v) is 1.60. The molecule has 0 heterocycles. The summed E-state index contributed by atoms with van der Waals surface area (Å²) >= 11 is 0. The van der Waals surface area contributed by atoms with Crippen molar-refractivity contribution in [2.45, 2.75) is 13.2 Å². The first-order valence-electron chi connectivity index (χ1n) is 2.91. The molecular weight excluding hydrogens is 128 g/mol. The Kier molecular flexibility index (Phi) is 5.57. The van der Waals surface area contributed by atoms with Gasteiger partial charge >= 0.3 is 0 Å². The Labute approximate surface area is 61.5 Å². The minimum Gasteiger partial charge on any atom is -0.340 e. The molecule has 0 atom stereocenters. The zero-order chi connectivity index (χ0) is 7.82. The second kappa shape index (κ2) is 6.16.